The summed E-state index contributed by atoms with van der Waals surface area (Å²) in [6, 6.07) is 7.86. The number of aromatic nitrogens is 4. The lowest BCUT2D eigenvalue weighted by atomic mass is 10.1. The Balaban J connectivity index is 2.31. The third-order valence-corrected chi connectivity index (χ3v) is 2.04. The van der Waals surface area contributed by atoms with Gasteiger partial charge in [-0.25, -0.2) is 0 Å². The Morgan fingerprint density at radius 1 is 1.29 bits per heavy atom. The van der Waals surface area contributed by atoms with Crippen LogP contribution in [0.4, 0.5) is 0 Å². The Kier molecular flexibility index (Phi) is 2.24. The van der Waals surface area contributed by atoms with E-state index >= 15 is 0 Å². The van der Waals surface area contributed by atoms with Crippen molar-refractivity contribution in [1.82, 2.24) is 20.6 Å². The molecule has 1 aromatic heterocycles. The first-order valence-electron chi connectivity index (χ1n) is 4.37. The number of benzene rings is 1. The molecular weight excluding hydrogens is 178 g/mol. The fraction of sp³-hybridized carbons (Fsp3) is 0.222. The summed E-state index contributed by atoms with van der Waals surface area (Å²) in [5, 5.41) is 13.7. The molecule has 2 aromatic rings. The summed E-state index contributed by atoms with van der Waals surface area (Å²) in [4.78, 5) is 0. The first-order valence-corrected chi connectivity index (χ1v) is 4.37. The third kappa shape index (κ3) is 1.62. The molecule has 1 atom stereocenters. The van der Waals surface area contributed by atoms with Gasteiger partial charge >= 0.3 is 0 Å². The van der Waals surface area contributed by atoms with Crippen LogP contribution in [-0.2, 0) is 0 Å². The average Bonchev–Trinajstić information content (AvgIpc) is 2.71. The fourth-order valence-electron chi connectivity index (χ4n) is 1.22. The van der Waals surface area contributed by atoms with E-state index in [1.54, 1.807) is 0 Å². The van der Waals surface area contributed by atoms with Crippen molar-refractivity contribution in [3.63, 3.8) is 0 Å². The van der Waals surface area contributed by atoms with E-state index in [1.807, 2.05) is 31.2 Å². The summed E-state index contributed by atoms with van der Waals surface area (Å²) >= 11 is 0. The molecule has 0 saturated carbocycles. The minimum Gasteiger partial charge on any atom is -0.324 e. The van der Waals surface area contributed by atoms with Crippen LogP contribution in [0.2, 0.25) is 0 Å². The van der Waals surface area contributed by atoms with E-state index in [1.165, 1.54) is 0 Å². The number of rotatable bonds is 2. The van der Waals surface area contributed by atoms with Gasteiger partial charge in [0.05, 0.1) is 0 Å². The molecule has 72 valence electrons. The number of tetrazole rings is 1. The van der Waals surface area contributed by atoms with Crippen LogP contribution in [-0.4, -0.2) is 20.6 Å². The first-order chi connectivity index (χ1) is 6.77. The van der Waals surface area contributed by atoms with E-state index in [-0.39, 0.29) is 6.04 Å². The van der Waals surface area contributed by atoms with Crippen LogP contribution in [0.15, 0.2) is 24.3 Å². The van der Waals surface area contributed by atoms with Crippen LogP contribution >= 0.6 is 0 Å². The van der Waals surface area contributed by atoms with E-state index in [0.717, 1.165) is 11.1 Å². The number of nitrogens with one attached hydrogen (secondary N) is 1. The van der Waals surface area contributed by atoms with Gasteiger partial charge in [0.1, 0.15) is 0 Å². The topological polar surface area (TPSA) is 80.5 Å². The highest BCUT2D eigenvalue weighted by Gasteiger charge is 2.03. The molecule has 5 heteroatoms. The Morgan fingerprint density at radius 2 is 2.00 bits per heavy atom. The molecule has 0 saturated heterocycles. The molecule has 3 N–H and O–H groups in total. The molecule has 1 heterocycles. The molecule has 0 amide bonds. The standard InChI is InChI=1S/C9H11N5/c1-6(10)7-2-4-8(5-3-7)9-11-13-14-12-9/h2-6H,10H2,1H3,(H,11,12,13,14)/t6-/m0/s1. The number of aromatic amines is 1. The van der Waals surface area contributed by atoms with Crippen molar-refractivity contribution < 1.29 is 0 Å². The van der Waals surface area contributed by atoms with Crippen molar-refractivity contribution in [2.75, 3.05) is 0 Å². The predicted molar refractivity (Wildman–Crippen MR) is 52.2 cm³/mol. The second kappa shape index (κ2) is 3.55. The molecule has 1 aromatic carbocycles. The molecule has 0 aliphatic carbocycles. The van der Waals surface area contributed by atoms with Crippen LogP contribution in [0.1, 0.15) is 18.5 Å². The summed E-state index contributed by atoms with van der Waals surface area (Å²) in [6.45, 7) is 1.95. The number of hydrogen-bond acceptors (Lipinski definition) is 4. The highest BCUT2D eigenvalue weighted by molar-refractivity contribution is 5.54. The maximum Gasteiger partial charge on any atom is 0.204 e. The van der Waals surface area contributed by atoms with E-state index in [2.05, 4.69) is 20.6 Å². The van der Waals surface area contributed by atoms with Gasteiger partial charge in [0.25, 0.3) is 0 Å². The van der Waals surface area contributed by atoms with Crippen molar-refractivity contribution in [3.8, 4) is 11.4 Å². The lowest BCUT2D eigenvalue weighted by Crippen LogP contribution is -2.04. The lowest BCUT2D eigenvalue weighted by molar-refractivity contribution is 0.818. The van der Waals surface area contributed by atoms with Gasteiger partial charge in [-0.1, -0.05) is 24.3 Å². The molecular formula is C9H11N5. The maximum absolute atomic E-state index is 5.73. The minimum atomic E-state index is 0.0503. The second-order valence-corrected chi connectivity index (χ2v) is 3.15. The Morgan fingerprint density at radius 3 is 2.50 bits per heavy atom. The molecule has 0 radical (unpaired) electrons. The first kappa shape index (κ1) is 8.83. The Labute approximate surface area is 81.3 Å². The van der Waals surface area contributed by atoms with E-state index in [0.29, 0.717) is 5.82 Å². The lowest BCUT2D eigenvalue weighted by Gasteiger charge is -2.04. The van der Waals surface area contributed by atoms with Gasteiger partial charge in [-0.2, -0.15) is 5.21 Å². The van der Waals surface area contributed by atoms with Crippen molar-refractivity contribution >= 4 is 0 Å². The molecule has 5 nitrogen and oxygen atoms in total. The van der Waals surface area contributed by atoms with Crippen molar-refractivity contribution in [3.05, 3.63) is 29.8 Å². The summed E-state index contributed by atoms with van der Waals surface area (Å²) in [7, 11) is 0. The van der Waals surface area contributed by atoms with Crippen LogP contribution in [0, 0.1) is 0 Å². The molecule has 0 aliphatic rings. The largest absolute Gasteiger partial charge is 0.324 e. The van der Waals surface area contributed by atoms with Gasteiger partial charge in [0.15, 0.2) is 0 Å². The zero-order valence-corrected chi connectivity index (χ0v) is 7.81. The molecule has 0 aliphatic heterocycles. The van der Waals surface area contributed by atoms with Crippen LogP contribution in [0.5, 0.6) is 0 Å². The summed E-state index contributed by atoms with van der Waals surface area (Å²) in [5.41, 5.74) is 7.76. The van der Waals surface area contributed by atoms with Gasteiger partial charge in [-0.15, -0.1) is 10.2 Å². The van der Waals surface area contributed by atoms with Gasteiger partial charge in [-0.3, -0.25) is 0 Å². The molecule has 2 rings (SSSR count). The molecule has 0 bridgehead atoms. The zero-order chi connectivity index (χ0) is 9.97. The fourth-order valence-corrected chi connectivity index (χ4v) is 1.22. The SMILES string of the molecule is C[C@H](N)c1ccc(-c2nn[nH]n2)cc1. The maximum atomic E-state index is 5.73. The highest BCUT2D eigenvalue weighted by atomic mass is 15.5. The van der Waals surface area contributed by atoms with Gasteiger partial charge in [0.2, 0.25) is 5.82 Å². The smallest absolute Gasteiger partial charge is 0.204 e. The molecule has 0 spiro atoms. The van der Waals surface area contributed by atoms with Crippen molar-refractivity contribution in [2.24, 2.45) is 5.73 Å². The van der Waals surface area contributed by atoms with E-state index in [4.69, 9.17) is 5.73 Å². The van der Waals surface area contributed by atoms with E-state index < -0.39 is 0 Å². The van der Waals surface area contributed by atoms with Gasteiger partial charge < -0.3 is 5.73 Å². The van der Waals surface area contributed by atoms with Crippen LogP contribution in [0.25, 0.3) is 11.4 Å². The third-order valence-electron chi connectivity index (χ3n) is 2.04. The molecule has 0 unspecified atom stereocenters. The second-order valence-electron chi connectivity index (χ2n) is 3.15. The monoisotopic (exact) mass is 189 g/mol. The van der Waals surface area contributed by atoms with Gasteiger partial charge in [-0.05, 0) is 17.7 Å². The number of hydrogen-bond donors (Lipinski definition) is 2. The highest BCUT2D eigenvalue weighted by Crippen LogP contribution is 2.16. The number of nitrogens with two attached hydrogens (primary N) is 1. The van der Waals surface area contributed by atoms with E-state index in [9.17, 15) is 0 Å². The Bertz CT molecular complexity index is 390. The van der Waals surface area contributed by atoms with Crippen LogP contribution in [0.3, 0.4) is 0 Å². The summed E-state index contributed by atoms with van der Waals surface area (Å²) in [5.74, 6) is 0.598. The average molecular weight is 189 g/mol. The quantitative estimate of drug-likeness (QED) is 0.735. The number of nitrogens with zero attached hydrogens (tertiary/aromatic N) is 3. The zero-order valence-electron chi connectivity index (χ0n) is 7.81. The van der Waals surface area contributed by atoms with Crippen LogP contribution < -0.4 is 5.73 Å². The van der Waals surface area contributed by atoms with Crippen molar-refractivity contribution in [1.29, 1.82) is 0 Å². The normalized spacial score (nSPS) is 12.7. The van der Waals surface area contributed by atoms with Gasteiger partial charge in [0, 0.05) is 11.6 Å². The Hall–Kier alpha value is -1.75. The molecule has 14 heavy (non-hydrogen) atoms. The predicted octanol–water partition coefficient (Wildman–Crippen LogP) is 0.886. The summed E-state index contributed by atoms with van der Waals surface area (Å²) in [6.07, 6.45) is 0. The van der Waals surface area contributed by atoms with Crippen molar-refractivity contribution in [2.45, 2.75) is 13.0 Å². The summed E-state index contributed by atoms with van der Waals surface area (Å²) < 4.78 is 0. The molecule has 0 fully saturated rings. The minimum absolute atomic E-state index is 0.0503. The number of H-pyrrole nitrogens is 1.